The maximum absolute atomic E-state index is 12.9. The molecule has 0 spiro atoms. The predicted molar refractivity (Wildman–Crippen MR) is 154 cm³/mol. The molecule has 0 bridgehead atoms. The molecule has 2 fully saturated rings. The minimum Gasteiger partial charge on any atom is -0.481 e. The third-order valence-corrected chi connectivity index (χ3v) is 7.88. The highest BCUT2D eigenvalue weighted by molar-refractivity contribution is 8.15. The van der Waals surface area contributed by atoms with Crippen LogP contribution >= 0.6 is 11.8 Å². The Kier molecular flexibility index (Phi) is 13.4. The van der Waals surface area contributed by atoms with Gasteiger partial charge in [0.15, 0.2) is 5.17 Å². The smallest absolute Gasteiger partial charge is 0.397 e. The number of amidine groups is 2. The number of carbonyl (C=O) groups is 4. The number of carboxylic acids is 1. The van der Waals surface area contributed by atoms with Crippen molar-refractivity contribution in [2.45, 2.75) is 56.4 Å². The number of hydrogen-bond acceptors (Lipinski definition) is 10. The molecule has 2 amide bonds. The summed E-state index contributed by atoms with van der Waals surface area (Å²) in [6, 6.07) is 6.57. The summed E-state index contributed by atoms with van der Waals surface area (Å²) in [5, 5.41) is 22.5. The largest absolute Gasteiger partial charge is 0.481 e. The Morgan fingerprint density at radius 1 is 1.07 bits per heavy atom. The van der Waals surface area contributed by atoms with Crippen LogP contribution in [0.2, 0.25) is 0 Å². The molecule has 1 saturated heterocycles. The van der Waals surface area contributed by atoms with Crippen molar-refractivity contribution in [1.82, 2.24) is 15.5 Å². The molecule has 2 atom stereocenters. The van der Waals surface area contributed by atoms with E-state index in [9.17, 15) is 27.6 Å². The number of nitrogens with zero attached hydrogens (tertiary/aromatic N) is 2. The SMILES string of the molecule is COC(=O)CCNC(=O)C1SC(=NC(=O)c2ccc(C(=N)NCCCC(=O)O)cc2)N(C2CC2)C1C.COS(=O)(=O)O. The molecule has 42 heavy (non-hydrogen) atoms. The number of amides is 2. The molecule has 1 heterocycles. The van der Waals surface area contributed by atoms with Gasteiger partial charge in [-0.05, 0) is 38.3 Å². The minimum atomic E-state index is -4.16. The maximum Gasteiger partial charge on any atom is 0.397 e. The first-order valence-corrected chi connectivity index (χ1v) is 15.1. The number of rotatable bonds is 12. The first kappa shape index (κ1) is 34.7. The van der Waals surface area contributed by atoms with Gasteiger partial charge in [0.05, 0.1) is 20.6 Å². The van der Waals surface area contributed by atoms with Crippen molar-refractivity contribution in [2.24, 2.45) is 4.99 Å². The lowest BCUT2D eigenvalue weighted by Gasteiger charge is -2.24. The van der Waals surface area contributed by atoms with Crippen LogP contribution in [0.3, 0.4) is 0 Å². The molecule has 0 aromatic heterocycles. The van der Waals surface area contributed by atoms with Gasteiger partial charge in [0.25, 0.3) is 5.91 Å². The Labute approximate surface area is 247 Å². The second-order valence-electron chi connectivity index (χ2n) is 9.21. The Balaban J connectivity index is 0.000000928. The molecule has 1 saturated carbocycles. The van der Waals surface area contributed by atoms with Gasteiger partial charge in [-0.25, -0.2) is 0 Å². The highest BCUT2D eigenvalue weighted by atomic mass is 32.3. The fraction of sp³-hybridized carbons (Fsp3) is 0.520. The van der Waals surface area contributed by atoms with E-state index in [0.717, 1.165) is 20.0 Å². The van der Waals surface area contributed by atoms with Crippen LogP contribution in [0, 0.1) is 5.41 Å². The molecule has 15 nitrogen and oxygen atoms in total. The van der Waals surface area contributed by atoms with Crippen LogP contribution in [0.15, 0.2) is 29.3 Å². The lowest BCUT2D eigenvalue weighted by Crippen LogP contribution is -2.43. The fourth-order valence-corrected chi connectivity index (χ4v) is 5.09. The lowest BCUT2D eigenvalue weighted by atomic mass is 10.1. The van der Waals surface area contributed by atoms with Crippen molar-refractivity contribution in [3.63, 3.8) is 0 Å². The summed E-state index contributed by atoms with van der Waals surface area (Å²) in [6.45, 7) is 2.48. The van der Waals surface area contributed by atoms with Gasteiger partial charge in [-0.15, -0.1) is 0 Å². The second-order valence-corrected chi connectivity index (χ2v) is 11.5. The van der Waals surface area contributed by atoms with Gasteiger partial charge in [-0.3, -0.25) is 33.3 Å². The standard InChI is InChI=1S/C24H31N5O6S.CH4O4S/c1-14-20(23(34)27-13-11-19(32)35-2)36-24(29(14)17-9-10-17)28-22(33)16-7-5-15(6-8-16)21(25)26-12-3-4-18(30)31;1-5-6(2,3)4/h5-8,14,17,20H,3-4,9-13H2,1-2H3,(H2,25,26)(H,27,34)(H,30,31);1H3,(H,2,3,4). The van der Waals surface area contributed by atoms with Crippen molar-refractivity contribution in [1.29, 1.82) is 5.41 Å². The summed E-state index contributed by atoms with van der Waals surface area (Å²) in [7, 11) is -1.99. The van der Waals surface area contributed by atoms with E-state index in [1.807, 2.05) is 11.8 Å². The normalized spacial score (nSPS) is 19.0. The zero-order chi connectivity index (χ0) is 31.4. The van der Waals surface area contributed by atoms with Gasteiger partial charge in [0.2, 0.25) is 5.91 Å². The number of hydrogen-bond donors (Lipinski definition) is 5. The summed E-state index contributed by atoms with van der Waals surface area (Å²) in [5.41, 5.74) is 0.932. The average Bonchev–Trinajstić information content (AvgIpc) is 3.73. The number of methoxy groups -OCH3 is 1. The molecule has 1 aliphatic heterocycles. The summed E-state index contributed by atoms with van der Waals surface area (Å²) < 4.78 is 34.3. The number of ether oxygens (including phenoxy) is 1. The molecular weight excluding hydrogens is 594 g/mol. The molecule has 2 aliphatic rings. The molecule has 2 unspecified atom stereocenters. The van der Waals surface area contributed by atoms with E-state index >= 15 is 0 Å². The molecule has 5 N–H and O–H groups in total. The zero-order valence-corrected chi connectivity index (χ0v) is 25.0. The van der Waals surface area contributed by atoms with Crippen molar-refractivity contribution in [2.75, 3.05) is 27.3 Å². The first-order valence-electron chi connectivity index (χ1n) is 12.9. The number of benzene rings is 1. The number of thioether (sulfide) groups is 1. The van der Waals surface area contributed by atoms with Gasteiger partial charge in [-0.1, -0.05) is 23.9 Å². The molecule has 3 rings (SSSR count). The van der Waals surface area contributed by atoms with Gasteiger partial charge in [-0.2, -0.15) is 13.4 Å². The summed E-state index contributed by atoms with van der Waals surface area (Å²) in [4.78, 5) is 53.9. The Morgan fingerprint density at radius 3 is 2.19 bits per heavy atom. The van der Waals surface area contributed by atoms with E-state index in [2.05, 4.69) is 24.5 Å². The van der Waals surface area contributed by atoms with Gasteiger partial charge >= 0.3 is 22.3 Å². The number of aliphatic imine (C=N–C) groups is 1. The Hall–Kier alpha value is -3.54. The number of carboxylic acid groups (broad SMARTS) is 1. The van der Waals surface area contributed by atoms with E-state index in [1.54, 1.807) is 24.3 Å². The number of nitrogens with one attached hydrogen (secondary N) is 3. The number of carbonyl (C=O) groups excluding carboxylic acids is 3. The molecule has 0 radical (unpaired) electrons. The van der Waals surface area contributed by atoms with Crippen LogP contribution < -0.4 is 10.6 Å². The summed E-state index contributed by atoms with van der Waals surface area (Å²) >= 11 is 1.25. The molecule has 232 valence electrons. The molecule has 17 heteroatoms. The zero-order valence-electron chi connectivity index (χ0n) is 23.4. The Bertz CT molecular complexity index is 1280. The van der Waals surface area contributed by atoms with E-state index in [0.29, 0.717) is 29.3 Å². The quantitative estimate of drug-likeness (QED) is 0.0717. The summed E-state index contributed by atoms with van der Waals surface area (Å²) in [5.74, 6) is -1.78. The summed E-state index contributed by atoms with van der Waals surface area (Å²) in [6.07, 6.45) is 2.48. The molecule has 1 aliphatic carbocycles. The highest BCUT2D eigenvalue weighted by Crippen LogP contribution is 2.40. The third kappa shape index (κ3) is 11.4. The highest BCUT2D eigenvalue weighted by Gasteiger charge is 2.46. The van der Waals surface area contributed by atoms with Gasteiger partial charge < -0.3 is 25.4 Å². The van der Waals surface area contributed by atoms with Crippen LogP contribution in [0.5, 0.6) is 0 Å². The Morgan fingerprint density at radius 2 is 1.67 bits per heavy atom. The monoisotopic (exact) mass is 629 g/mol. The first-order chi connectivity index (χ1) is 19.8. The van der Waals surface area contributed by atoms with E-state index < -0.39 is 33.5 Å². The van der Waals surface area contributed by atoms with E-state index in [1.165, 1.54) is 18.9 Å². The topological polar surface area (TPSA) is 225 Å². The lowest BCUT2D eigenvalue weighted by molar-refractivity contribution is -0.140. The minimum absolute atomic E-state index is 0.0264. The average molecular weight is 630 g/mol. The van der Waals surface area contributed by atoms with Crippen LogP contribution in [0.1, 0.15) is 54.9 Å². The predicted octanol–water partition coefficient (Wildman–Crippen LogP) is 1.05. The number of aliphatic carboxylic acids is 1. The molecule has 1 aromatic rings. The molecule has 1 aromatic carbocycles. The van der Waals surface area contributed by atoms with Crippen LogP contribution in [-0.4, -0.2) is 102 Å². The van der Waals surface area contributed by atoms with Crippen LogP contribution in [0.25, 0.3) is 0 Å². The van der Waals surface area contributed by atoms with E-state index in [4.69, 9.17) is 15.1 Å². The van der Waals surface area contributed by atoms with Crippen molar-refractivity contribution < 1.29 is 46.2 Å². The van der Waals surface area contributed by atoms with Gasteiger partial charge in [0, 0.05) is 42.7 Å². The van der Waals surface area contributed by atoms with Crippen LogP contribution in [0.4, 0.5) is 0 Å². The van der Waals surface area contributed by atoms with Gasteiger partial charge in [0.1, 0.15) is 11.1 Å². The van der Waals surface area contributed by atoms with Crippen molar-refractivity contribution in [3.05, 3.63) is 35.4 Å². The van der Waals surface area contributed by atoms with Crippen LogP contribution in [-0.2, 0) is 33.7 Å². The van der Waals surface area contributed by atoms with Crippen molar-refractivity contribution >= 4 is 56.9 Å². The van der Waals surface area contributed by atoms with Crippen molar-refractivity contribution in [3.8, 4) is 0 Å². The van der Waals surface area contributed by atoms with E-state index in [-0.39, 0.29) is 43.2 Å². The number of esters is 1. The maximum atomic E-state index is 12.9. The second kappa shape index (κ2) is 16.2. The molecular formula is C25H35N5O10S2. The third-order valence-electron chi connectivity index (χ3n) is 6.08. The fourth-order valence-electron chi connectivity index (χ4n) is 3.77.